The van der Waals surface area contributed by atoms with Crippen molar-refractivity contribution in [2.75, 3.05) is 39.4 Å². The van der Waals surface area contributed by atoms with Crippen molar-refractivity contribution in [3.8, 4) is 11.3 Å². The van der Waals surface area contributed by atoms with Crippen LogP contribution in [0.1, 0.15) is 52.7 Å². The third kappa shape index (κ3) is 6.43. The molecule has 1 saturated carbocycles. The van der Waals surface area contributed by atoms with Crippen molar-refractivity contribution < 1.29 is 22.7 Å². The molecule has 2 aliphatic heterocycles. The van der Waals surface area contributed by atoms with Crippen LogP contribution in [0.3, 0.4) is 0 Å². The largest absolute Gasteiger partial charge is 0.416 e. The first-order valence-corrected chi connectivity index (χ1v) is 16.6. The summed E-state index contributed by atoms with van der Waals surface area (Å²) < 4.78 is 47.9. The van der Waals surface area contributed by atoms with Gasteiger partial charge in [0.05, 0.1) is 41.1 Å². The molecule has 1 aliphatic carbocycles. The van der Waals surface area contributed by atoms with E-state index in [4.69, 9.17) is 9.72 Å². The first-order chi connectivity index (χ1) is 22.2. The number of piperidine rings is 1. The Hall–Kier alpha value is -3.38. The lowest BCUT2D eigenvalue weighted by Crippen LogP contribution is -2.48. The van der Waals surface area contributed by atoms with Gasteiger partial charge in [0, 0.05) is 47.5 Å². The topological polar surface area (TPSA) is 70.6 Å². The minimum absolute atomic E-state index is 0.296. The molecule has 7 nitrogen and oxygen atoms in total. The lowest BCUT2D eigenvalue weighted by molar-refractivity contribution is -0.137. The lowest BCUT2D eigenvalue weighted by atomic mass is 9.94. The van der Waals surface area contributed by atoms with E-state index in [1.807, 2.05) is 30.3 Å². The van der Waals surface area contributed by atoms with Gasteiger partial charge in [0.15, 0.2) is 0 Å². The summed E-state index contributed by atoms with van der Waals surface area (Å²) in [5.41, 5.74) is 2.27. The molecule has 0 unspecified atom stereocenters. The molecule has 1 N–H and O–H groups in total. The van der Waals surface area contributed by atoms with Gasteiger partial charge in [0.2, 0.25) is 0 Å². The van der Waals surface area contributed by atoms with Crippen LogP contribution in [0.2, 0.25) is 0 Å². The predicted octanol–water partition coefficient (Wildman–Crippen LogP) is 6.79. The summed E-state index contributed by atoms with van der Waals surface area (Å²) in [7, 11) is 0. The first kappa shape index (κ1) is 31.2. The Morgan fingerprint density at radius 2 is 1.74 bits per heavy atom. The van der Waals surface area contributed by atoms with E-state index in [0.717, 1.165) is 82.8 Å². The first-order valence-electron chi connectivity index (χ1n) is 15.8. The Morgan fingerprint density at radius 1 is 1.00 bits per heavy atom. The number of halogens is 4. The van der Waals surface area contributed by atoms with E-state index in [1.54, 1.807) is 18.3 Å². The van der Waals surface area contributed by atoms with Crippen molar-refractivity contribution in [1.82, 2.24) is 25.1 Å². The minimum atomic E-state index is -4.52. The number of hydrogen-bond acceptors (Lipinski definition) is 6. The number of hydrogen-bond donors (Lipinski definition) is 1. The molecule has 1 amide bonds. The number of carbonyl (C=O) groups is 1. The molecule has 3 fully saturated rings. The number of ether oxygens (including phenoxy) is 1. The number of benzene rings is 2. The molecule has 7 rings (SSSR count). The Labute approximate surface area is 274 Å². The molecule has 2 aromatic heterocycles. The number of fused-ring (bicyclic) bond motifs is 1. The second-order valence-corrected chi connectivity index (χ2v) is 13.4. The van der Waals surface area contributed by atoms with Gasteiger partial charge in [0.25, 0.3) is 5.91 Å². The molecule has 0 spiro atoms. The fraction of sp³-hybridized carbons (Fsp3) is 0.400. The van der Waals surface area contributed by atoms with Crippen LogP contribution in [-0.4, -0.2) is 71.1 Å². The highest BCUT2D eigenvalue weighted by Gasteiger charge is 2.46. The molecule has 0 bridgehead atoms. The van der Waals surface area contributed by atoms with Crippen LogP contribution in [0.4, 0.5) is 13.2 Å². The minimum Gasteiger partial charge on any atom is -0.379 e. The van der Waals surface area contributed by atoms with Gasteiger partial charge in [-0.2, -0.15) is 13.2 Å². The Balaban J connectivity index is 1.31. The molecule has 240 valence electrons. The van der Waals surface area contributed by atoms with Crippen molar-refractivity contribution in [2.45, 2.75) is 50.0 Å². The highest BCUT2D eigenvalue weighted by Crippen LogP contribution is 2.46. The molecule has 3 aliphatic rings. The average Bonchev–Trinajstić information content (AvgIpc) is 3.85. The summed E-state index contributed by atoms with van der Waals surface area (Å²) in [5, 5.41) is 3.31. The quantitative estimate of drug-likeness (QED) is 0.230. The summed E-state index contributed by atoms with van der Waals surface area (Å²) in [6.45, 7) is 5.30. The van der Waals surface area contributed by atoms with Gasteiger partial charge in [-0.25, -0.2) is 4.98 Å². The van der Waals surface area contributed by atoms with Crippen LogP contribution in [0.15, 0.2) is 71.3 Å². The summed E-state index contributed by atoms with van der Waals surface area (Å²) in [5.74, 6) is -0.296. The fourth-order valence-electron chi connectivity index (χ4n) is 6.89. The normalized spacial score (nSPS) is 19.3. The third-order valence-electron chi connectivity index (χ3n) is 9.51. The molecular formula is C35H35BrF3N5O2. The van der Waals surface area contributed by atoms with E-state index in [2.05, 4.69) is 36.0 Å². The molecule has 0 radical (unpaired) electrons. The number of aromatic nitrogens is 2. The Kier molecular flexibility index (Phi) is 8.60. The number of carbonyl (C=O) groups excluding carboxylic acids is 1. The van der Waals surface area contributed by atoms with Gasteiger partial charge in [-0.1, -0.05) is 42.5 Å². The number of pyridine rings is 2. The zero-order valence-corrected chi connectivity index (χ0v) is 26.9. The van der Waals surface area contributed by atoms with Gasteiger partial charge >= 0.3 is 6.18 Å². The van der Waals surface area contributed by atoms with Gasteiger partial charge in [0.1, 0.15) is 5.52 Å². The number of rotatable bonds is 7. The smallest absolute Gasteiger partial charge is 0.379 e. The number of morpholine rings is 1. The summed E-state index contributed by atoms with van der Waals surface area (Å²) >= 11 is 3.47. The molecule has 4 heterocycles. The van der Waals surface area contributed by atoms with Gasteiger partial charge < -0.3 is 10.1 Å². The predicted molar refractivity (Wildman–Crippen MR) is 173 cm³/mol. The average molecular weight is 695 g/mol. The summed E-state index contributed by atoms with van der Waals surface area (Å²) in [6.07, 6.45) is 0.637. The summed E-state index contributed by atoms with van der Waals surface area (Å²) in [6, 6.07) is 17.3. The third-order valence-corrected chi connectivity index (χ3v) is 9.95. The Morgan fingerprint density at radius 3 is 2.43 bits per heavy atom. The zero-order valence-electron chi connectivity index (χ0n) is 25.3. The Bertz CT molecular complexity index is 1730. The standard InChI is InChI=1S/C35H35BrF3N5O2/c36-26-20-29-32(40-21-26)30(33(45)42-34(11-12-34)24-6-2-1-3-7-24)28(31(41-29)23-5-4-8-25(19-23)35(37,38)39)22-43-13-9-27(10-14-43)44-15-17-46-18-16-44/h1-8,19-21,27H,9-18,22H2,(H,42,45). The summed E-state index contributed by atoms with van der Waals surface area (Å²) in [4.78, 5) is 28.8. The van der Waals surface area contributed by atoms with E-state index in [9.17, 15) is 18.0 Å². The highest BCUT2D eigenvalue weighted by molar-refractivity contribution is 9.10. The molecule has 0 atom stereocenters. The van der Waals surface area contributed by atoms with Crippen LogP contribution < -0.4 is 5.32 Å². The maximum atomic E-state index is 14.5. The number of likely N-dealkylation sites (tertiary alicyclic amines) is 1. The van der Waals surface area contributed by atoms with Crippen LogP contribution in [0, 0.1) is 0 Å². The van der Waals surface area contributed by atoms with E-state index < -0.39 is 17.3 Å². The molecular weight excluding hydrogens is 659 g/mol. The van der Waals surface area contributed by atoms with E-state index in [0.29, 0.717) is 50.5 Å². The monoisotopic (exact) mass is 693 g/mol. The highest BCUT2D eigenvalue weighted by atomic mass is 79.9. The number of nitrogens with zero attached hydrogens (tertiary/aromatic N) is 4. The SMILES string of the molecule is O=C(NC1(c2ccccc2)CC1)c1c(CN2CCC(N3CCOCC3)CC2)c(-c2cccc(C(F)(F)F)c2)nc2cc(Br)cnc12. The van der Waals surface area contributed by atoms with Crippen molar-refractivity contribution in [2.24, 2.45) is 0 Å². The molecule has 2 aromatic carbocycles. The van der Waals surface area contributed by atoms with Crippen LogP contribution in [0.25, 0.3) is 22.3 Å². The zero-order chi connectivity index (χ0) is 31.9. The molecule has 46 heavy (non-hydrogen) atoms. The fourth-order valence-corrected chi connectivity index (χ4v) is 7.21. The van der Waals surface area contributed by atoms with Gasteiger partial charge in [-0.3, -0.25) is 19.6 Å². The van der Waals surface area contributed by atoms with Crippen LogP contribution in [0.5, 0.6) is 0 Å². The van der Waals surface area contributed by atoms with E-state index >= 15 is 0 Å². The number of amides is 1. The molecule has 11 heteroatoms. The van der Waals surface area contributed by atoms with Crippen LogP contribution in [-0.2, 0) is 23.0 Å². The number of nitrogens with one attached hydrogen (secondary N) is 1. The van der Waals surface area contributed by atoms with Crippen molar-refractivity contribution >= 4 is 32.9 Å². The van der Waals surface area contributed by atoms with Crippen molar-refractivity contribution in [3.63, 3.8) is 0 Å². The van der Waals surface area contributed by atoms with Crippen molar-refractivity contribution in [3.05, 3.63) is 93.6 Å². The van der Waals surface area contributed by atoms with Gasteiger partial charge in [-0.05, 0) is 78.5 Å². The lowest BCUT2D eigenvalue weighted by Gasteiger charge is -2.40. The van der Waals surface area contributed by atoms with E-state index in [-0.39, 0.29) is 5.91 Å². The van der Waals surface area contributed by atoms with Crippen molar-refractivity contribution in [1.29, 1.82) is 0 Å². The van der Waals surface area contributed by atoms with E-state index in [1.165, 1.54) is 6.07 Å². The molecule has 4 aromatic rings. The van der Waals surface area contributed by atoms with Gasteiger partial charge in [-0.15, -0.1) is 0 Å². The van der Waals surface area contributed by atoms with Crippen LogP contribution >= 0.6 is 15.9 Å². The second-order valence-electron chi connectivity index (χ2n) is 12.5. The maximum Gasteiger partial charge on any atom is 0.416 e. The second kappa shape index (κ2) is 12.7. The number of alkyl halides is 3. The maximum absolute atomic E-state index is 14.5. The molecule has 2 saturated heterocycles.